The van der Waals surface area contributed by atoms with E-state index < -0.39 is 16.2 Å². The van der Waals surface area contributed by atoms with Gasteiger partial charge in [0.15, 0.2) is 11.4 Å². The number of rotatable bonds is 8. The first-order chi connectivity index (χ1) is 17.1. The lowest BCUT2D eigenvalue weighted by atomic mass is 9.96. The number of hydrogen-bond acceptors (Lipinski definition) is 6. The van der Waals surface area contributed by atoms with Gasteiger partial charge in [0, 0.05) is 48.9 Å². The predicted molar refractivity (Wildman–Crippen MR) is 140 cm³/mol. The molecular weight excluding hydrogens is 482 g/mol. The molecule has 1 amide bonds. The molecule has 3 aromatic carbocycles. The summed E-state index contributed by atoms with van der Waals surface area (Å²) in [6.45, 7) is 2.14. The van der Waals surface area contributed by atoms with Gasteiger partial charge in [0.25, 0.3) is 0 Å². The smallest absolute Gasteiger partial charge is 0.357 e. The van der Waals surface area contributed by atoms with E-state index in [0.717, 1.165) is 16.9 Å². The maximum absolute atomic E-state index is 12.6. The Kier molecular flexibility index (Phi) is 6.65. The maximum Gasteiger partial charge on any atom is 0.357 e. The molecule has 3 aromatic rings. The summed E-state index contributed by atoms with van der Waals surface area (Å²) in [5, 5.41) is 4.77. The zero-order valence-electron chi connectivity index (χ0n) is 19.7. The second kappa shape index (κ2) is 9.55. The fourth-order valence-corrected chi connectivity index (χ4v) is 4.84. The fourth-order valence-electron chi connectivity index (χ4n) is 4.39. The fraction of sp³-hybridized carbons (Fsp3) is 0.120. The number of ether oxygens (including phenoxy) is 1. The van der Waals surface area contributed by atoms with Crippen molar-refractivity contribution < 1.29 is 22.5 Å². The van der Waals surface area contributed by atoms with Gasteiger partial charge in [0.2, 0.25) is 5.91 Å². The van der Waals surface area contributed by atoms with Crippen LogP contribution >= 0.6 is 0 Å². The average Bonchev–Trinajstić information content (AvgIpc) is 3.24. The monoisotopic (exact) mass is 508 g/mol. The van der Waals surface area contributed by atoms with E-state index in [2.05, 4.69) is 4.72 Å². The van der Waals surface area contributed by atoms with Crippen LogP contribution in [0.15, 0.2) is 77.5 Å². The summed E-state index contributed by atoms with van der Waals surface area (Å²) < 4.78 is 39.6. The Balaban J connectivity index is 1.95. The quantitative estimate of drug-likeness (QED) is 0.268. The topological polar surface area (TPSA) is 157 Å². The minimum absolute atomic E-state index is 0.0675. The number of hydrogen-bond donors (Lipinski definition) is 4. The third-order valence-electron chi connectivity index (χ3n) is 6.02. The van der Waals surface area contributed by atoms with E-state index in [1.165, 1.54) is 6.07 Å². The van der Waals surface area contributed by atoms with Crippen LogP contribution in [0.2, 0.25) is 0 Å². The molecule has 1 unspecified atom stereocenters. The second-order valence-corrected chi connectivity index (χ2v) is 9.28. The van der Waals surface area contributed by atoms with Crippen molar-refractivity contribution in [2.45, 2.75) is 13.5 Å². The highest BCUT2D eigenvalue weighted by Crippen LogP contribution is 2.46. The molecule has 10 nitrogen and oxygen atoms in total. The molecule has 0 aliphatic carbocycles. The number of nitrogens with two attached hydrogens (primary N) is 2. The number of para-hydroxylation sites is 1. The van der Waals surface area contributed by atoms with Crippen molar-refractivity contribution in [2.75, 3.05) is 11.8 Å². The first kappa shape index (κ1) is 25.1. The van der Waals surface area contributed by atoms with E-state index in [1.54, 1.807) is 49.7 Å². The summed E-state index contributed by atoms with van der Waals surface area (Å²) in [6, 6.07) is 17.0. The van der Waals surface area contributed by atoms with Crippen LogP contribution in [0.25, 0.3) is 11.1 Å². The molecule has 186 valence electrons. The maximum atomic E-state index is 12.6. The van der Waals surface area contributed by atoms with Gasteiger partial charge < -0.3 is 16.2 Å². The van der Waals surface area contributed by atoms with Crippen LogP contribution in [0.1, 0.15) is 22.8 Å². The van der Waals surface area contributed by atoms with Crippen molar-refractivity contribution in [1.82, 2.24) is 4.59 Å². The van der Waals surface area contributed by atoms with Crippen LogP contribution in [0.4, 0.5) is 17.1 Å². The summed E-state index contributed by atoms with van der Waals surface area (Å²) in [7, 11) is -2.97. The Bertz CT molecular complexity index is 1520. The Labute approximate surface area is 209 Å². The summed E-state index contributed by atoms with van der Waals surface area (Å²) in [6.07, 6.45) is 3.55. The number of carbonyl (C=O) groups excluding carboxylic acids is 1. The van der Waals surface area contributed by atoms with Crippen LogP contribution in [-0.2, 0) is 16.8 Å². The molecule has 0 spiro atoms. The standard InChI is InChI=1S/C25H25N5O5S/c1-16-11-12-28-30(16,24-10-8-19(35-2)13-17(24)15-26)18-7-9-20(22(14-18)25(27)31)21-5-3-4-6-23(21)29-36(32,33)34/h3-14H,15,26H2,1-2H3,(H3-,27,29,31,32,33,34)/p+1. The molecule has 4 rings (SSSR count). The highest BCUT2D eigenvalue weighted by Gasteiger charge is 2.41. The lowest BCUT2D eigenvalue weighted by Gasteiger charge is -2.31. The Morgan fingerprint density at radius 2 is 1.86 bits per heavy atom. The highest BCUT2D eigenvalue weighted by atomic mass is 32.2. The minimum atomic E-state index is -4.55. The molecule has 0 radical (unpaired) electrons. The zero-order chi connectivity index (χ0) is 26.1. The van der Waals surface area contributed by atoms with Crippen LogP contribution in [-0.4, -0.2) is 32.2 Å². The molecule has 0 saturated carbocycles. The molecule has 1 atom stereocenters. The van der Waals surface area contributed by atoms with E-state index in [1.807, 2.05) is 31.2 Å². The number of amides is 1. The Hall–Kier alpha value is -4.03. The van der Waals surface area contributed by atoms with Gasteiger partial charge in [-0.1, -0.05) is 23.3 Å². The Morgan fingerprint density at radius 3 is 2.47 bits per heavy atom. The lowest BCUT2D eigenvalue weighted by molar-refractivity contribution is 0.100. The van der Waals surface area contributed by atoms with Gasteiger partial charge in [-0.05, 0) is 29.8 Å². The highest BCUT2D eigenvalue weighted by molar-refractivity contribution is 7.87. The van der Waals surface area contributed by atoms with Gasteiger partial charge in [0.05, 0.1) is 24.6 Å². The van der Waals surface area contributed by atoms with E-state index >= 15 is 0 Å². The molecule has 0 fully saturated rings. The van der Waals surface area contributed by atoms with Crippen molar-refractivity contribution in [2.24, 2.45) is 16.6 Å². The van der Waals surface area contributed by atoms with Crippen LogP contribution in [0, 0.1) is 0 Å². The second-order valence-electron chi connectivity index (χ2n) is 8.12. The predicted octanol–water partition coefficient (Wildman–Crippen LogP) is 3.68. The molecule has 1 aliphatic heterocycles. The summed E-state index contributed by atoms with van der Waals surface area (Å²) in [4.78, 5) is 12.6. The summed E-state index contributed by atoms with van der Waals surface area (Å²) in [5.41, 5.74) is 15.9. The van der Waals surface area contributed by atoms with Crippen molar-refractivity contribution in [3.8, 4) is 16.9 Å². The number of quaternary nitrogens is 1. The number of carbonyl (C=O) groups is 1. The normalized spacial score (nSPS) is 17.1. The largest absolute Gasteiger partial charge is 0.497 e. The van der Waals surface area contributed by atoms with Gasteiger partial charge in [-0.2, -0.15) is 8.42 Å². The molecule has 11 heteroatoms. The SMILES string of the molecule is COc1ccc([N+]2(c3ccc(-c4ccccc4NS(=O)(=O)O)c(C(N)=O)c3)N=CC=C2C)c(CN)c1. The van der Waals surface area contributed by atoms with Gasteiger partial charge in [-0.15, -0.1) is 4.59 Å². The van der Waals surface area contributed by atoms with Gasteiger partial charge >= 0.3 is 10.3 Å². The van der Waals surface area contributed by atoms with E-state index in [9.17, 15) is 17.8 Å². The number of benzene rings is 3. The summed E-state index contributed by atoms with van der Waals surface area (Å²) in [5.74, 6) is -0.0662. The van der Waals surface area contributed by atoms with E-state index in [0.29, 0.717) is 22.6 Å². The van der Waals surface area contributed by atoms with E-state index in [4.69, 9.17) is 21.3 Å². The minimum Gasteiger partial charge on any atom is -0.497 e. The van der Waals surface area contributed by atoms with E-state index in [-0.39, 0.29) is 22.4 Å². The van der Waals surface area contributed by atoms with Crippen molar-refractivity contribution in [3.05, 3.63) is 83.6 Å². The van der Waals surface area contributed by atoms with Gasteiger partial charge in [0.1, 0.15) is 11.4 Å². The molecule has 0 bridgehead atoms. The number of nitrogens with zero attached hydrogens (tertiary/aromatic N) is 2. The first-order valence-electron chi connectivity index (χ1n) is 10.9. The third kappa shape index (κ3) is 4.48. The van der Waals surface area contributed by atoms with Crippen LogP contribution < -0.4 is 25.5 Å². The number of methoxy groups -OCH3 is 1. The number of nitrogens with one attached hydrogen (secondary N) is 1. The lowest BCUT2D eigenvalue weighted by Crippen LogP contribution is -2.36. The van der Waals surface area contributed by atoms with Crippen molar-refractivity contribution in [1.29, 1.82) is 0 Å². The molecule has 0 saturated heterocycles. The Morgan fingerprint density at radius 1 is 1.11 bits per heavy atom. The molecule has 36 heavy (non-hydrogen) atoms. The average molecular weight is 509 g/mol. The number of allylic oxidation sites excluding steroid dienone is 2. The number of primary amides is 1. The first-order valence-corrected chi connectivity index (χ1v) is 12.3. The number of anilines is 1. The van der Waals surface area contributed by atoms with Crippen molar-refractivity contribution >= 4 is 39.5 Å². The summed E-state index contributed by atoms with van der Waals surface area (Å²) >= 11 is 0. The molecule has 1 aliphatic rings. The molecule has 6 N–H and O–H groups in total. The zero-order valence-corrected chi connectivity index (χ0v) is 20.5. The van der Waals surface area contributed by atoms with Crippen LogP contribution in [0.5, 0.6) is 5.75 Å². The molecule has 1 heterocycles. The molecule has 0 aromatic heterocycles. The molecular formula is C25H26N5O5S+. The van der Waals surface area contributed by atoms with Crippen molar-refractivity contribution in [3.63, 3.8) is 0 Å². The van der Waals surface area contributed by atoms with Gasteiger partial charge in [-0.3, -0.25) is 14.1 Å². The van der Waals surface area contributed by atoms with Gasteiger partial charge in [-0.25, -0.2) is 0 Å². The third-order valence-corrected chi connectivity index (χ3v) is 6.50. The van der Waals surface area contributed by atoms with Crippen LogP contribution in [0.3, 0.4) is 0 Å².